The summed E-state index contributed by atoms with van der Waals surface area (Å²) >= 11 is 7.43. The number of halogens is 3. The number of thiophene rings is 1. The molecule has 0 radical (unpaired) electrons. The third kappa shape index (κ3) is 3.92. The lowest BCUT2D eigenvalue weighted by molar-refractivity contribution is 0.0103. The van der Waals surface area contributed by atoms with Crippen LogP contribution in [0.2, 0.25) is 4.34 Å². The van der Waals surface area contributed by atoms with Crippen molar-refractivity contribution < 1.29 is 13.6 Å². The van der Waals surface area contributed by atoms with Crippen LogP contribution in [-0.2, 0) is 5.92 Å². The highest BCUT2D eigenvalue weighted by Crippen LogP contribution is 2.34. The molecule has 0 aromatic carbocycles. The number of aromatic nitrogens is 8. The first kappa shape index (κ1) is 22.1. The topological polar surface area (TPSA) is 119 Å². The molecule has 0 fully saturated rings. The van der Waals surface area contributed by atoms with Crippen molar-refractivity contribution in [2.24, 2.45) is 0 Å². The molecule has 0 aliphatic rings. The number of hydrogen-bond acceptors (Lipinski definition) is 7. The van der Waals surface area contributed by atoms with E-state index in [-0.39, 0.29) is 11.3 Å². The number of nitrogens with zero attached hydrogens (tertiary/aromatic N) is 7. The highest BCUT2D eigenvalue weighted by Gasteiger charge is 2.31. The van der Waals surface area contributed by atoms with E-state index in [1.807, 2.05) is 6.07 Å². The van der Waals surface area contributed by atoms with Gasteiger partial charge in [-0.2, -0.15) is 13.9 Å². The van der Waals surface area contributed by atoms with E-state index in [1.165, 1.54) is 23.7 Å². The van der Waals surface area contributed by atoms with Crippen LogP contribution >= 0.6 is 22.9 Å². The predicted molar refractivity (Wildman–Crippen MR) is 120 cm³/mol. The Morgan fingerprint density at radius 2 is 2.12 bits per heavy atom. The van der Waals surface area contributed by atoms with Crippen molar-refractivity contribution >= 4 is 34.5 Å². The number of imidazole rings is 1. The minimum absolute atomic E-state index is 0.169. The number of aromatic amines is 1. The van der Waals surface area contributed by atoms with Gasteiger partial charge in [0.2, 0.25) is 0 Å². The molecule has 0 aliphatic heterocycles. The summed E-state index contributed by atoms with van der Waals surface area (Å²) in [4.78, 5) is 22.4. The largest absolute Gasteiger partial charge is 0.342 e. The fourth-order valence-electron chi connectivity index (χ4n) is 3.47. The number of amides is 1. The molecule has 10 nitrogen and oxygen atoms in total. The Bertz CT molecular complexity index is 1490. The molecule has 0 saturated heterocycles. The zero-order chi connectivity index (χ0) is 24.0. The predicted octanol–water partition coefficient (Wildman–Crippen LogP) is 4.02. The van der Waals surface area contributed by atoms with E-state index >= 15 is 0 Å². The van der Waals surface area contributed by atoms with Gasteiger partial charge in [-0.25, -0.2) is 14.6 Å². The average Bonchev–Trinajstić information content (AvgIpc) is 3.58. The number of fused-ring (bicyclic) bond motifs is 1. The monoisotopic (exact) mass is 503 g/mol. The highest BCUT2D eigenvalue weighted by atomic mass is 35.5. The van der Waals surface area contributed by atoms with Crippen molar-refractivity contribution in [2.75, 3.05) is 0 Å². The van der Waals surface area contributed by atoms with Gasteiger partial charge in [0.05, 0.1) is 38.9 Å². The molecule has 0 spiro atoms. The van der Waals surface area contributed by atoms with Crippen LogP contribution in [0.5, 0.6) is 0 Å². The lowest BCUT2D eigenvalue weighted by atomic mass is 10.2. The van der Waals surface area contributed by atoms with Crippen molar-refractivity contribution in [2.45, 2.75) is 25.8 Å². The molecule has 2 N–H and O–H groups in total. The Morgan fingerprint density at radius 1 is 1.29 bits per heavy atom. The van der Waals surface area contributed by atoms with E-state index in [9.17, 15) is 13.6 Å². The summed E-state index contributed by atoms with van der Waals surface area (Å²) in [6.45, 7) is 2.49. The molecular weight excluding hydrogens is 488 g/mol. The number of carbonyl (C=O) groups is 1. The first-order valence-corrected chi connectivity index (χ1v) is 11.1. The summed E-state index contributed by atoms with van der Waals surface area (Å²) in [6.07, 6.45) is 5.49. The summed E-state index contributed by atoms with van der Waals surface area (Å²) in [5.74, 6) is -3.22. The minimum atomic E-state index is -3.23. The van der Waals surface area contributed by atoms with Gasteiger partial charge in [0.15, 0.2) is 5.65 Å². The van der Waals surface area contributed by atoms with Crippen LogP contribution in [0, 0.1) is 0 Å². The molecule has 0 bridgehead atoms. The molecule has 5 aromatic heterocycles. The van der Waals surface area contributed by atoms with Gasteiger partial charge in [0.1, 0.15) is 23.5 Å². The number of H-pyrrole nitrogens is 1. The normalized spacial score (nSPS) is 12.9. The third-order valence-electron chi connectivity index (χ3n) is 5.09. The number of hydrogen-bond donors (Lipinski definition) is 2. The van der Waals surface area contributed by atoms with Crippen molar-refractivity contribution in [3.8, 4) is 16.3 Å². The average molecular weight is 504 g/mol. The number of rotatable bonds is 6. The molecular formula is C20H16ClF2N9OS. The Morgan fingerprint density at radius 3 is 2.79 bits per heavy atom. The maximum atomic E-state index is 14.3. The Labute approximate surface area is 199 Å². The van der Waals surface area contributed by atoms with Crippen molar-refractivity contribution in [1.29, 1.82) is 0 Å². The van der Waals surface area contributed by atoms with Crippen LogP contribution in [0.3, 0.4) is 0 Å². The Hall–Kier alpha value is -3.71. The highest BCUT2D eigenvalue weighted by molar-refractivity contribution is 7.19. The second-order valence-electron chi connectivity index (χ2n) is 7.54. The first-order valence-electron chi connectivity index (χ1n) is 9.94. The number of alkyl halides is 2. The second kappa shape index (κ2) is 8.25. The van der Waals surface area contributed by atoms with E-state index in [0.29, 0.717) is 21.5 Å². The van der Waals surface area contributed by atoms with E-state index in [4.69, 9.17) is 11.6 Å². The van der Waals surface area contributed by atoms with Crippen LogP contribution in [0.1, 0.15) is 41.8 Å². The van der Waals surface area contributed by atoms with Crippen molar-refractivity contribution in [1.82, 2.24) is 44.9 Å². The molecule has 174 valence electrons. The molecule has 1 amide bonds. The molecule has 14 heteroatoms. The van der Waals surface area contributed by atoms with Gasteiger partial charge in [0.25, 0.3) is 11.8 Å². The van der Waals surface area contributed by atoms with Gasteiger partial charge < -0.3 is 5.32 Å². The van der Waals surface area contributed by atoms with Gasteiger partial charge in [-0.1, -0.05) is 16.8 Å². The maximum absolute atomic E-state index is 14.3. The van der Waals surface area contributed by atoms with E-state index in [2.05, 4.69) is 35.8 Å². The van der Waals surface area contributed by atoms with Gasteiger partial charge in [-0.15, -0.1) is 16.4 Å². The second-order valence-corrected chi connectivity index (χ2v) is 9.26. The first-order chi connectivity index (χ1) is 16.2. The van der Waals surface area contributed by atoms with Crippen LogP contribution < -0.4 is 5.32 Å². The molecule has 5 heterocycles. The van der Waals surface area contributed by atoms with Crippen molar-refractivity contribution in [3.63, 3.8) is 0 Å². The Kier molecular flexibility index (Phi) is 5.37. The fraction of sp³-hybridized carbons (Fsp3) is 0.200. The lowest BCUT2D eigenvalue weighted by Gasteiger charge is -2.15. The molecule has 34 heavy (non-hydrogen) atoms. The van der Waals surface area contributed by atoms with Gasteiger partial charge in [-0.05, 0) is 25.1 Å². The quantitative estimate of drug-likeness (QED) is 0.361. The zero-order valence-corrected chi connectivity index (χ0v) is 19.3. The molecule has 5 aromatic rings. The fourth-order valence-corrected chi connectivity index (χ4v) is 4.52. The Balaban J connectivity index is 1.67. The summed E-state index contributed by atoms with van der Waals surface area (Å²) < 4.78 is 31.7. The minimum Gasteiger partial charge on any atom is -0.342 e. The summed E-state index contributed by atoms with van der Waals surface area (Å²) in [5, 5.41) is 16.8. The molecule has 1 unspecified atom stereocenters. The zero-order valence-electron chi connectivity index (χ0n) is 17.7. The standard InChI is InChI=1S/C20H16ClF2N9OS/c1-10(17-25-9-27-29-17)28-19(33)11-5-12(32-15(7-26-30-32)20(2,22)23)18-24-6-13(31(18)8-11)14-3-4-16(21)34-14/h3-10H,1-2H3,(H,28,33)(H,25,27,29). The smallest absolute Gasteiger partial charge is 0.288 e. The molecule has 0 aliphatic carbocycles. The van der Waals surface area contributed by atoms with Crippen LogP contribution in [0.25, 0.3) is 21.9 Å². The number of nitrogens with one attached hydrogen (secondary N) is 2. The number of carbonyl (C=O) groups excluding carboxylic acids is 1. The maximum Gasteiger partial charge on any atom is 0.288 e. The molecule has 5 rings (SSSR count). The summed E-state index contributed by atoms with van der Waals surface area (Å²) in [5.41, 5.74) is 0.872. The molecule has 1 atom stereocenters. The van der Waals surface area contributed by atoms with E-state index in [0.717, 1.165) is 22.7 Å². The van der Waals surface area contributed by atoms with Crippen LogP contribution in [-0.4, -0.2) is 45.5 Å². The van der Waals surface area contributed by atoms with Gasteiger partial charge in [-0.3, -0.25) is 14.3 Å². The van der Waals surface area contributed by atoms with Gasteiger partial charge >= 0.3 is 0 Å². The third-order valence-corrected chi connectivity index (χ3v) is 6.35. The van der Waals surface area contributed by atoms with Gasteiger partial charge in [0, 0.05) is 13.1 Å². The summed E-state index contributed by atoms with van der Waals surface area (Å²) in [6, 6.07) is 4.52. The summed E-state index contributed by atoms with van der Waals surface area (Å²) in [7, 11) is 0. The number of pyridine rings is 1. The van der Waals surface area contributed by atoms with Crippen molar-refractivity contribution in [3.05, 3.63) is 64.5 Å². The van der Waals surface area contributed by atoms with E-state index < -0.39 is 23.6 Å². The van der Waals surface area contributed by atoms with Crippen LogP contribution in [0.4, 0.5) is 8.78 Å². The SMILES string of the molecule is CC(NC(=O)c1cc(-n2nncc2C(C)(F)F)c2ncc(-c3ccc(Cl)s3)n2c1)c1ncn[nH]1. The van der Waals surface area contributed by atoms with E-state index in [1.54, 1.807) is 29.8 Å². The lowest BCUT2D eigenvalue weighted by Crippen LogP contribution is -2.28. The molecule has 0 saturated carbocycles. The van der Waals surface area contributed by atoms with Crippen LogP contribution in [0.15, 0.2) is 43.1 Å².